The maximum atomic E-state index is 4.78. The molecule has 132 valence electrons. The summed E-state index contributed by atoms with van der Waals surface area (Å²) in [4.78, 5) is 6.95. The Kier molecular flexibility index (Phi) is 9.44. The van der Waals surface area contributed by atoms with Crippen molar-refractivity contribution in [3.05, 3.63) is 54.4 Å². The van der Waals surface area contributed by atoms with Crippen LogP contribution in [-0.4, -0.2) is 40.8 Å². The quantitative estimate of drug-likeness (QED) is 0.408. The summed E-state index contributed by atoms with van der Waals surface area (Å²) in [7, 11) is 2.08. The summed E-state index contributed by atoms with van der Waals surface area (Å²) in [6.45, 7) is 7.68. The summed E-state index contributed by atoms with van der Waals surface area (Å²) in [6, 6.07) is 12.4. The molecule has 1 heterocycles. The predicted octanol–water partition coefficient (Wildman–Crippen LogP) is 3.23. The fraction of sp³-hybridized carbons (Fsp3) is 0.444. The maximum Gasteiger partial charge on any atom is 0.193 e. The number of hydrogen-bond acceptors (Lipinski definition) is 2. The molecule has 1 unspecified atom stereocenters. The largest absolute Gasteiger partial charge is 0.357 e. The lowest BCUT2D eigenvalue weighted by Gasteiger charge is -2.22. The number of halogens is 1. The molecule has 1 aromatic heterocycles. The van der Waals surface area contributed by atoms with Crippen LogP contribution in [-0.2, 0) is 13.1 Å². The second kappa shape index (κ2) is 11.1. The minimum atomic E-state index is 0. The van der Waals surface area contributed by atoms with Crippen LogP contribution in [0.1, 0.15) is 19.4 Å². The van der Waals surface area contributed by atoms with Crippen LogP contribution in [0.15, 0.2) is 53.8 Å². The Labute approximate surface area is 162 Å². The molecule has 0 fully saturated rings. The highest BCUT2D eigenvalue weighted by molar-refractivity contribution is 14.0. The number of rotatable bonds is 7. The standard InChI is InChI=1S/C18H27N5.HI/c1-4-19-18(22(3)15-17-9-6-5-7-10-17)20-13-16(2)14-23-12-8-11-21-23;/h5-12,16H,4,13-15H2,1-3H3,(H,19,20);1H. The van der Waals surface area contributed by atoms with E-state index in [2.05, 4.69) is 60.5 Å². The highest BCUT2D eigenvalue weighted by Crippen LogP contribution is 2.05. The van der Waals surface area contributed by atoms with E-state index in [9.17, 15) is 0 Å². The first-order chi connectivity index (χ1) is 11.2. The average molecular weight is 441 g/mol. The van der Waals surface area contributed by atoms with E-state index in [-0.39, 0.29) is 24.0 Å². The Balaban J connectivity index is 0.00000288. The minimum absolute atomic E-state index is 0. The van der Waals surface area contributed by atoms with Gasteiger partial charge in [-0.3, -0.25) is 9.67 Å². The highest BCUT2D eigenvalue weighted by Gasteiger charge is 2.08. The molecule has 2 rings (SSSR count). The summed E-state index contributed by atoms with van der Waals surface area (Å²) in [5, 5.41) is 7.62. The third-order valence-corrected chi connectivity index (χ3v) is 3.57. The van der Waals surface area contributed by atoms with Crippen molar-refractivity contribution in [2.24, 2.45) is 10.9 Å². The molecule has 6 heteroatoms. The SMILES string of the molecule is CCNC(=NCC(C)Cn1cccn1)N(C)Cc1ccccc1.I. The average Bonchev–Trinajstić information content (AvgIpc) is 3.05. The van der Waals surface area contributed by atoms with Crippen molar-refractivity contribution < 1.29 is 0 Å². The topological polar surface area (TPSA) is 45.5 Å². The molecule has 1 aromatic carbocycles. The van der Waals surface area contributed by atoms with E-state index in [0.717, 1.165) is 32.1 Å². The molecule has 2 aromatic rings. The van der Waals surface area contributed by atoms with Gasteiger partial charge in [0.25, 0.3) is 0 Å². The fourth-order valence-electron chi connectivity index (χ4n) is 2.43. The number of aliphatic imine (C=N–C) groups is 1. The van der Waals surface area contributed by atoms with Crippen molar-refractivity contribution in [3.8, 4) is 0 Å². The van der Waals surface area contributed by atoms with Crippen molar-refractivity contribution in [2.75, 3.05) is 20.1 Å². The molecule has 0 saturated heterocycles. The molecule has 24 heavy (non-hydrogen) atoms. The summed E-state index contributed by atoms with van der Waals surface area (Å²) in [6.07, 6.45) is 3.81. The lowest BCUT2D eigenvalue weighted by molar-refractivity contribution is 0.444. The molecule has 1 N–H and O–H groups in total. The monoisotopic (exact) mass is 441 g/mol. The summed E-state index contributed by atoms with van der Waals surface area (Å²) >= 11 is 0. The highest BCUT2D eigenvalue weighted by atomic mass is 127. The number of nitrogens with one attached hydrogen (secondary N) is 1. The lowest BCUT2D eigenvalue weighted by atomic mass is 10.2. The van der Waals surface area contributed by atoms with Crippen LogP contribution in [0.3, 0.4) is 0 Å². The van der Waals surface area contributed by atoms with Gasteiger partial charge in [0.15, 0.2) is 5.96 Å². The van der Waals surface area contributed by atoms with E-state index in [4.69, 9.17) is 4.99 Å². The molecule has 0 bridgehead atoms. The van der Waals surface area contributed by atoms with Crippen molar-refractivity contribution >= 4 is 29.9 Å². The van der Waals surface area contributed by atoms with Gasteiger partial charge < -0.3 is 10.2 Å². The zero-order chi connectivity index (χ0) is 16.5. The molecule has 0 aliphatic rings. The normalized spacial score (nSPS) is 12.4. The first-order valence-corrected chi connectivity index (χ1v) is 8.19. The maximum absolute atomic E-state index is 4.78. The van der Waals surface area contributed by atoms with E-state index >= 15 is 0 Å². The molecule has 1 atom stereocenters. The minimum Gasteiger partial charge on any atom is -0.357 e. The summed E-state index contributed by atoms with van der Waals surface area (Å²) < 4.78 is 1.96. The van der Waals surface area contributed by atoms with Gasteiger partial charge in [0.2, 0.25) is 0 Å². The first-order valence-electron chi connectivity index (χ1n) is 8.19. The number of hydrogen-bond donors (Lipinski definition) is 1. The van der Waals surface area contributed by atoms with Gasteiger partial charge in [0.1, 0.15) is 0 Å². The molecular weight excluding hydrogens is 413 g/mol. The lowest BCUT2D eigenvalue weighted by Crippen LogP contribution is -2.38. The Hall–Kier alpha value is -1.57. The van der Waals surface area contributed by atoms with E-state index in [1.807, 2.05) is 29.2 Å². The van der Waals surface area contributed by atoms with E-state index in [1.165, 1.54) is 5.56 Å². The number of benzene rings is 1. The Bertz CT molecular complexity index is 583. The Morgan fingerprint density at radius 1 is 1.29 bits per heavy atom. The molecule has 0 radical (unpaired) electrons. The molecule has 5 nitrogen and oxygen atoms in total. The fourth-order valence-corrected chi connectivity index (χ4v) is 2.43. The molecular formula is C18H28IN5. The van der Waals surface area contributed by atoms with E-state index < -0.39 is 0 Å². The van der Waals surface area contributed by atoms with E-state index in [0.29, 0.717) is 5.92 Å². The first kappa shape index (κ1) is 20.5. The van der Waals surface area contributed by atoms with Crippen molar-refractivity contribution in [2.45, 2.75) is 26.9 Å². The van der Waals surface area contributed by atoms with Crippen LogP contribution in [0.5, 0.6) is 0 Å². The second-order valence-electron chi connectivity index (χ2n) is 5.87. The van der Waals surface area contributed by atoms with Crippen molar-refractivity contribution in [1.82, 2.24) is 20.0 Å². The molecule has 0 amide bonds. The smallest absolute Gasteiger partial charge is 0.193 e. The van der Waals surface area contributed by atoms with Gasteiger partial charge in [-0.2, -0.15) is 5.10 Å². The third-order valence-electron chi connectivity index (χ3n) is 3.57. The van der Waals surface area contributed by atoms with Gasteiger partial charge in [0.05, 0.1) is 0 Å². The number of aromatic nitrogens is 2. The predicted molar refractivity (Wildman–Crippen MR) is 111 cm³/mol. The van der Waals surface area contributed by atoms with E-state index in [1.54, 1.807) is 0 Å². The zero-order valence-corrected chi connectivity index (χ0v) is 17.1. The number of guanidine groups is 1. The van der Waals surface area contributed by atoms with Gasteiger partial charge in [-0.25, -0.2) is 0 Å². The molecule has 0 spiro atoms. The second-order valence-corrected chi connectivity index (χ2v) is 5.87. The summed E-state index contributed by atoms with van der Waals surface area (Å²) in [5.74, 6) is 1.39. The Morgan fingerprint density at radius 2 is 2.04 bits per heavy atom. The zero-order valence-electron chi connectivity index (χ0n) is 14.7. The van der Waals surface area contributed by atoms with Crippen LogP contribution >= 0.6 is 24.0 Å². The molecule has 0 aliphatic carbocycles. The van der Waals surface area contributed by atoms with Crippen LogP contribution in [0.4, 0.5) is 0 Å². The van der Waals surface area contributed by atoms with Crippen LogP contribution in [0, 0.1) is 5.92 Å². The van der Waals surface area contributed by atoms with Crippen molar-refractivity contribution in [3.63, 3.8) is 0 Å². The third kappa shape index (κ3) is 6.90. The molecule has 0 aliphatic heterocycles. The van der Waals surface area contributed by atoms with Gasteiger partial charge in [-0.1, -0.05) is 37.3 Å². The molecule has 0 saturated carbocycles. The van der Waals surface area contributed by atoms with Gasteiger partial charge in [0, 0.05) is 45.6 Å². The van der Waals surface area contributed by atoms with Gasteiger partial charge >= 0.3 is 0 Å². The van der Waals surface area contributed by atoms with Gasteiger partial charge in [-0.05, 0) is 24.5 Å². The van der Waals surface area contributed by atoms with Crippen molar-refractivity contribution in [1.29, 1.82) is 0 Å². The van der Waals surface area contributed by atoms with Crippen LogP contribution in [0.2, 0.25) is 0 Å². The van der Waals surface area contributed by atoms with Crippen LogP contribution in [0.25, 0.3) is 0 Å². The summed E-state index contributed by atoms with van der Waals surface area (Å²) in [5.41, 5.74) is 1.28. The number of nitrogens with zero attached hydrogens (tertiary/aromatic N) is 4. The van der Waals surface area contributed by atoms with Gasteiger partial charge in [-0.15, -0.1) is 24.0 Å². The Morgan fingerprint density at radius 3 is 2.67 bits per heavy atom. The van der Waals surface area contributed by atoms with Crippen LogP contribution < -0.4 is 5.32 Å².